The standard InChI is InChI=1S/C65H102O6/c1-4-7-10-13-16-19-22-25-28-30-31-32-33-35-37-40-43-46-49-52-55-58-64(67)70-61-62(60-69-63(66)57-54-51-48-45-42-39-36-27-24-21-18-15-12-9-6-3)71-65(68)59-56-53-50-47-44-41-38-34-29-26-23-20-17-14-11-8-5-2/h7-12,16-21,25-29,31-32,36,38,41-42,45,62H,4-6,13-15,22-24,30,33-35,37,39-40,43-44,46-61H2,1-3H3/b10-7-,11-8-,12-9-,19-16-,20-17-,21-18-,28-25-,29-26-,32-31-,36-27-,41-38-,45-42-. The van der Waals surface area contributed by atoms with Crippen molar-refractivity contribution in [3.05, 3.63) is 146 Å². The van der Waals surface area contributed by atoms with Crippen LogP contribution in [0.5, 0.6) is 0 Å². The van der Waals surface area contributed by atoms with Crippen molar-refractivity contribution >= 4 is 17.9 Å². The van der Waals surface area contributed by atoms with Gasteiger partial charge in [-0.25, -0.2) is 0 Å². The summed E-state index contributed by atoms with van der Waals surface area (Å²) in [6.07, 6.45) is 82.6. The maximum atomic E-state index is 12.9. The first-order valence-electron chi connectivity index (χ1n) is 28.3. The Labute approximate surface area is 436 Å². The summed E-state index contributed by atoms with van der Waals surface area (Å²) < 4.78 is 16.8. The van der Waals surface area contributed by atoms with Gasteiger partial charge in [-0.3, -0.25) is 14.4 Å². The summed E-state index contributed by atoms with van der Waals surface area (Å²) in [6, 6.07) is 0. The van der Waals surface area contributed by atoms with Crippen molar-refractivity contribution in [2.24, 2.45) is 0 Å². The average Bonchev–Trinajstić information content (AvgIpc) is 3.37. The lowest BCUT2D eigenvalue weighted by atomic mass is 10.1. The molecule has 0 rings (SSSR count). The van der Waals surface area contributed by atoms with Crippen LogP contribution in [0.25, 0.3) is 0 Å². The minimum absolute atomic E-state index is 0.112. The predicted molar refractivity (Wildman–Crippen MR) is 306 cm³/mol. The molecule has 1 unspecified atom stereocenters. The van der Waals surface area contributed by atoms with Crippen LogP contribution in [0.3, 0.4) is 0 Å². The first-order valence-corrected chi connectivity index (χ1v) is 28.3. The molecule has 0 saturated heterocycles. The summed E-state index contributed by atoms with van der Waals surface area (Å²) in [5.74, 6) is -0.993. The number of unbranched alkanes of at least 4 members (excludes halogenated alkanes) is 14. The number of hydrogen-bond donors (Lipinski definition) is 0. The fourth-order valence-corrected chi connectivity index (χ4v) is 7.18. The van der Waals surface area contributed by atoms with E-state index in [4.69, 9.17) is 14.2 Å². The van der Waals surface area contributed by atoms with Crippen LogP contribution in [-0.4, -0.2) is 37.2 Å². The van der Waals surface area contributed by atoms with Gasteiger partial charge in [-0.1, -0.05) is 218 Å². The molecule has 6 nitrogen and oxygen atoms in total. The van der Waals surface area contributed by atoms with Crippen molar-refractivity contribution in [3.8, 4) is 0 Å². The van der Waals surface area contributed by atoms with E-state index >= 15 is 0 Å². The van der Waals surface area contributed by atoms with E-state index in [0.717, 1.165) is 148 Å². The van der Waals surface area contributed by atoms with E-state index in [2.05, 4.69) is 167 Å². The zero-order chi connectivity index (χ0) is 51.4. The number of carbonyl (C=O) groups excluding carboxylic acids is 3. The Kier molecular flexibility index (Phi) is 54.0. The molecule has 0 spiro atoms. The van der Waals surface area contributed by atoms with Crippen molar-refractivity contribution in [2.75, 3.05) is 13.2 Å². The molecule has 0 radical (unpaired) electrons. The van der Waals surface area contributed by atoms with Gasteiger partial charge in [-0.2, -0.15) is 0 Å². The lowest BCUT2D eigenvalue weighted by Crippen LogP contribution is -2.30. The SMILES string of the molecule is CC/C=C\C/C=C\C/C=C\C/C=C\CCCCCCCCCCC(=O)OCC(COC(=O)CCCC/C=C\C/C=C\C/C=C\C/C=C\CC)OC(=O)CCCCCC/C=C\C/C=C\C/C=C\C/C=C\CC. The molecule has 0 aliphatic heterocycles. The monoisotopic (exact) mass is 979 g/mol. The van der Waals surface area contributed by atoms with Gasteiger partial charge in [0.2, 0.25) is 0 Å². The van der Waals surface area contributed by atoms with Gasteiger partial charge in [0.1, 0.15) is 13.2 Å². The van der Waals surface area contributed by atoms with Crippen molar-refractivity contribution in [1.82, 2.24) is 0 Å². The quantitative estimate of drug-likeness (QED) is 0.0262. The number of allylic oxidation sites excluding steroid dienone is 24. The van der Waals surface area contributed by atoms with Crippen LogP contribution in [-0.2, 0) is 28.6 Å². The van der Waals surface area contributed by atoms with Crippen molar-refractivity contribution < 1.29 is 28.6 Å². The Morgan fingerprint density at radius 1 is 0.282 bits per heavy atom. The van der Waals surface area contributed by atoms with Gasteiger partial charge in [-0.15, -0.1) is 0 Å². The van der Waals surface area contributed by atoms with Gasteiger partial charge in [-0.05, 0) is 135 Å². The van der Waals surface area contributed by atoms with Crippen LogP contribution in [0, 0.1) is 0 Å². The van der Waals surface area contributed by atoms with E-state index in [1.54, 1.807) is 0 Å². The highest BCUT2D eigenvalue weighted by Gasteiger charge is 2.19. The molecule has 0 heterocycles. The van der Waals surface area contributed by atoms with E-state index in [1.165, 1.54) is 32.1 Å². The van der Waals surface area contributed by atoms with E-state index in [1.807, 2.05) is 0 Å². The summed E-state index contributed by atoms with van der Waals surface area (Å²) in [4.78, 5) is 38.2. The van der Waals surface area contributed by atoms with Crippen molar-refractivity contribution in [2.45, 2.75) is 232 Å². The molecule has 0 aromatic carbocycles. The van der Waals surface area contributed by atoms with Gasteiger partial charge in [0, 0.05) is 19.3 Å². The largest absolute Gasteiger partial charge is 0.462 e. The van der Waals surface area contributed by atoms with Crippen LogP contribution in [0.2, 0.25) is 0 Å². The average molecular weight is 980 g/mol. The Balaban J connectivity index is 4.51. The maximum absolute atomic E-state index is 12.9. The molecule has 0 amide bonds. The lowest BCUT2D eigenvalue weighted by molar-refractivity contribution is -0.167. The number of esters is 3. The minimum Gasteiger partial charge on any atom is -0.462 e. The summed E-state index contributed by atoms with van der Waals surface area (Å²) >= 11 is 0. The van der Waals surface area contributed by atoms with Crippen LogP contribution < -0.4 is 0 Å². The fourth-order valence-electron chi connectivity index (χ4n) is 7.18. The van der Waals surface area contributed by atoms with E-state index in [9.17, 15) is 14.4 Å². The molecule has 0 aromatic heterocycles. The number of ether oxygens (including phenoxy) is 3. The Bertz CT molecular complexity index is 1590. The second-order valence-electron chi connectivity index (χ2n) is 18.0. The molecule has 0 bridgehead atoms. The third-order valence-corrected chi connectivity index (χ3v) is 11.3. The highest BCUT2D eigenvalue weighted by Crippen LogP contribution is 2.13. The molecule has 0 aromatic rings. The van der Waals surface area contributed by atoms with Crippen molar-refractivity contribution in [1.29, 1.82) is 0 Å². The van der Waals surface area contributed by atoms with E-state index in [0.29, 0.717) is 19.3 Å². The van der Waals surface area contributed by atoms with Gasteiger partial charge in [0.05, 0.1) is 0 Å². The van der Waals surface area contributed by atoms with Gasteiger partial charge >= 0.3 is 17.9 Å². The Morgan fingerprint density at radius 2 is 0.507 bits per heavy atom. The van der Waals surface area contributed by atoms with Crippen LogP contribution in [0.15, 0.2) is 146 Å². The molecule has 71 heavy (non-hydrogen) atoms. The van der Waals surface area contributed by atoms with Gasteiger partial charge < -0.3 is 14.2 Å². The predicted octanol–water partition coefficient (Wildman–Crippen LogP) is 19.2. The molecule has 0 aliphatic rings. The second kappa shape index (κ2) is 57.9. The fraction of sp³-hybridized carbons (Fsp3) is 0.585. The Morgan fingerprint density at radius 3 is 0.817 bits per heavy atom. The maximum Gasteiger partial charge on any atom is 0.306 e. The molecule has 6 heteroatoms. The number of hydrogen-bond acceptors (Lipinski definition) is 6. The Hall–Kier alpha value is -4.71. The van der Waals surface area contributed by atoms with E-state index < -0.39 is 6.10 Å². The smallest absolute Gasteiger partial charge is 0.306 e. The molecular formula is C65H102O6. The van der Waals surface area contributed by atoms with Gasteiger partial charge in [0.15, 0.2) is 6.10 Å². The normalized spacial score (nSPS) is 13.2. The minimum atomic E-state index is -0.819. The number of carbonyl (C=O) groups is 3. The zero-order valence-corrected chi connectivity index (χ0v) is 45.4. The van der Waals surface area contributed by atoms with Crippen molar-refractivity contribution in [3.63, 3.8) is 0 Å². The van der Waals surface area contributed by atoms with Crippen LogP contribution >= 0.6 is 0 Å². The third-order valence-electron chi connectivity index (χ3n) is 11.3. The topological polar surface area (TPSA) is 78.9 Å². The highest BCUT2D eigenvalue weighted by atomic mass is 16.6. The summed E-state index contributed by atoms with van der Waals surface area (Å²) in [5.41, 5.74) is 0. The lowest BCUT2D eigenvalue weighted by Gasteiger charge is -2.18. The summed E-state index contributed by atoms with van der Waals surface area (Å²) in [5, 5.41) is 0. The van der Waals surface area contributed by atoms with Crippen LogP contribution in [0.1, 0.15) is 226 Å². The molecule has 0 saturated carbocycles. The molecule has 0 aliphatic carbocycles. The summed E-state index contributed by atoms with van der Waals surface area (Å²) in [6.45, 7) is 6.22. The molecular weight excluding hydrogens is 877 g/mol. The molecule has 0 N–H and O–H groups in total. The number of rotatable bonds is 49. The zero-order valence-electron chi connectivity index (χ0n) is 45.4. The highest BCUT2D eigenvalue weighted by molar-refractivity contribution is 5.71. The first kappa shape index (κ1) is 66.3. The molecule has 1 atom stereocenters. The molecule has 398 valence electrons. The van der Waals surface area contributed by atoms with E-state index in [-0.39, 0.29) is 37.5 Å². The van der Waals surface area contributed by atoms with Crippen LogP contribution in [0.4, 0.5) is 0 Å². The third kappa shape index (κ3) is 56.1. The second-order valence-corrected chi connectivity index (χ2v) is 18.0. The summed E-state index contributed by atoms with van der Waals surface area (Å²) in [7, 11) is 0. The molecule has 0 fully saturated rings. The first-order chi connectivity index (χ1) is 35.0. The van der Waals surface area contributed by atoms with Gasteiger partial charge in [0.25, 0.3) is 0 Å².